The highest BCUT2D eigenvalue weighted by atomic mass is 16.7. The Labute approximate surface area is 122 Å². The van der Waals surface area contributed by atoms with E-state index in [9.17, 15) is 9.90 Å². The second-order valence-corrected chi connectivity index (χ2v) is 5.55. The topological polar surface area (TPSA) is 89.1 Å². The van der Waals surface area contributed by atoms with Crippen LogP contribution in [0.1, 0.15) is 42.0 Å². The van der Waals surface area contributed by atoms with E-state index in [2.05, 4.69) is 0 Å². The Bertz CT molecular complexity index is 542. The van der Waals surface area contributed by atoms with Crippen LogP contribution < -0.4 is 0 Å². The lowest BCUT2D eigenvalue weighted by atomic mass is 9.81. The molecule has 2 heterocycles. The molecular formula is C15H18O6. The minimum absolute atomic E-state index is 0.114. The van der Waals surface area contributed by atoms with Gasteiger partial charge in [0, 0.05) is 12.8 Å². The number of rotatable bonds is 3. The first-order valence-electron chi connectivity index (χ1n) is 7.03. The molecule has 6 heteroatoms. The van der Waals surface area contributed by atoms with E-state index in [1.54, 1.807) is 18.2 Å². The SMILES string of the molecule is O=C(O)c1ccc(/C=C/C2(O)CCC3(CC2)OCCO3)o1. The molecule has 0 aromatic carbocycles. The summed E-state index contributed by atoms with van der Waals surface area (Å²) >= 11 is 0. The first-order chi connectivity index (χ1) is 10.0. The molecule has 0 atom stereocenters. The third-order valence-corrected chi connectivity index (χ3v) is 4.09. The van der Waals surface area contributed by atoms with Crippen molar-refractivity contribution in [3.8, 4) is 0 Å². The minimum atomic E-state index is -1.11. The van der Waals surface area contributed by atoms with Gasteiger partial charge in [-0.1, -0.05) is 0 Å². The average molecular weight is 294 g/mol. The van der Waals surface area contributed by atoms with Crippen LogP contribution in [0.15, 0.2) is 22.6 Å². The maximum absolute atomic E-state index is 10.7. The molecule has 1 saturated carbocycles. The minimum Gasteiger partial charge on any atom is -0.475 e. The van der Waals surface area contributed by atoms with Gasteiger partial charge in [-0.2, -0.15) is 0 Å². The fourth-order valence-electron chi connectivity index (χ4n) is 2.81. The van der Waals surface area contributed by atoms with Crippen molar-refractivity contribution in [2.75, 3.05) is 13.2 Å². The van der Waals surface area contributed by atoms with Crippen LogP contribution in [0.5, 0.6) is 0 Å². The first-order valence-corrected chi connectivity index (χ1v) is 7.03. The van der Waals surface area contributed by atoms with E-state index in [-0.39, 0.29) is 5.76 Å². The summed E-state index contributed by atoms with van der Waals surface area (Å²) in [4.78, 5) is 10.7. The van der Waals surface area contributed by atoms with Crippen molar-refractivity contribution in [3.05, 3.63) is 29.7 Å². The molecular weight excluding hydrogens is 276 g/mol. The zero-order chi connectivity index (χ0) is 14.9. The van der Waals surface area contributed by atoms with Crippen molar-refractivity contribution < 1.29 is 28.9 Å². The van der Waals surface area contributed by atoms with Gasteiger partial charge in [-0.05, 0) is 37.1 Å². The number of aliphatic hydroxyl groups is 1. The van der Waals surface area contributed by atoms with Gasteiger partial charge in [0.15, 0.2) is 5.79 Å². The molecule has 2 fully saturated rings. The molecule has 2 N–H and O–H groups in total. The smallest absolute Gasteiger partial charge is 0.371 e. The molecule has 0 amide bonds. The zero-order valence-corrected chi connectivity index (χ0v) is 11.6. The van der Waals surface area contributed by atoms with E-state index in [0.717, 1.165) is 0 Å². The van der Waals surface area contributed by atoms with Crippen LogP contribution in [0.2, 0.25) is 0 Å². The summed E-state index contributed by atoms with van der Waals surface area (Å²) in [5, 5.41) is 19.3. The maximum Gasteiger partial charge on any atom is 0.371 e. The fraction of sp³-hybridized carbons (Fsp3) is 0.533. The van der Waals surface area contributed by atoms with Crippen LogP contribution in [0.3, 0.4) is 0 Å². The lowest BCUT2D eigenvalue weighted by Gasteiger charge is -2.39. The summed E-state index contributed by atoms with van der Waals surface area (Å²) < 4.78 is 16.4. The second kappa shape index (κ2) is 5.29. The molecule has 6 nitrogen and oxygen atoms in total. The number of carboxylic acids is 1. The van der Waals surface area contributed by atoms with Crippen molar-refractivity contribution >= 4 is 12.0 Å². The number of carboxylic acid groups (broad SMARTS) is 1. The summed E-state index contributed by atoms with van der Waals surface area (Å²) in [6.45, 7) is 1.22. The monoisotopic (exact) mass is 294 g/mol. The lowest BCUT2D eigenvalue weighted by Crippen LogP contribution is -2.42. The van der Waals surface area contributed by atoms with E-state index in [0.29, 0.717) is 44.7 Å². The van der Waals surface area contributed by atoms with Crippen LogP contribution in [0, 0.1) is 0 Å². The molecule has 2 aliphatic rings. The van der Waals surface area contributed by atoms with Crippen molar-refractivity contribution in [2.24, 2.45) is 0 Å². The van der Waals surface area contributed by atoms with Crippen molar-refractivity contribution in [2.45, 2.75) is 37.1 Å². The Kier molecular flexibility index (Phi) is 3.61. The molecule has 1 aromatic rings. The molecule has 1 spiro atoms. The summed E-state index contributed by atoms with van der Waals surface area (Å²) in [6.07, 6.45) is 5.64. The molecule has 0 bridgehead atoms. The number of hydrogen-bond donors (Lipinski definition) is 2. The van der Waals surface area contributed by atoms with Crippen LogP contribution >= 0.6 is 0 Å². The van der Waals surface area contributed by atoms with Gasteiger partial charge < -0.3 is 24.1 Å². The van der Waals surface area contributed by atoms with Crippen LogP contribution in [0.4, 0.5) is 0 Å². The Morgan fingerprint density at radius 3 is 2.38 bits per heavy atom. The predicted octanol–water partition coefficient (Wildman–Crippen LogP) is 2.04. The number of carbonyl (C=O) groups is 1. The molecule has 1 aliphatic carbocycles. The van der Waals surface area contributed by atoms with Crippen LogP contribution in [-0.2, 0) is 9.47 Å². The Balaban J connectivity index is 1.63. The van der Waals surface area contributed by atoms with Gasteiger partial charge in [0.1, 0.15) is 5.76 Å². The highest BCUT2D eigenvalue weighted by Gasteiger charge is 2.44. The molecule has 21 heavy (non-hydrogen) atoms. The van der Waals surface area contributed by atoms with Gasteiger partial charge in [-0.3, -0.25) is 0 Å². The van der Waals surface area contributed by atoms with Crippen LogP contribution in [0.25, 0.3) is 6.08 Å². The van der Waals surface area contributed by atoms with E-state index < -0.39 is 17.4 Å². The number of furan rings is 1. The predicted molar refractivity (Wildman–Crippen MR) is 72.8 cm³/mol. The fourth-order valence-corrected chi connectivity index (χ4v) is 2.81. The van der Waals surface area contributed by atoms with Gasteiger partial charge in [-0.25, -0.2) is 4.79 Å². The molecule has 0 radical (unpaired) electrons. The standard InChI is InChI=1S/C15H18O6/c16-13(17)12-2-1-11(21-12)3-4-14(18)5-7-15(8-6-14)19-9-10-20-15/h1-4,18H,5-10H2,(H,16,17)/b4-3+. The normalized spacial score (nSPS) is 23.9. The van der Waals surface area contributed by atoms with Gasteiger partial charge in [-0.15, -0.1) is 0 Å². The van der Waals surface area contributed by atoms with Gasteiger partial charge >= 0.3 is 5.97 Å². The Morgan fingerprint density at radius 1 is 1.14 bits per heavy atom. The van der Waals surface area contributed by atoms with Gasteiger partial charge in [0.05, 0.1) is 18.8 Å². The van der Waals surface area contributed by atoms with E-state index in [4.69, 9.17) is 19.0 Å². The Hall–Kier alpha value is -1.63. The Morgan fingerprint density at radius 2 is 1.81 bits per heavy atom. The number of aromatic carboxylic acids is 1. The number of hydrogen-bond acceptors (Lipinski definition) is 5. The summed E-state index contributed by atoms with van der Waals surface area (Å²) in [5.41, 5.74) is -0.934. The quantitative estimate of drug-likeness (QED) is 0.886. The molecule has 114 valence electrons. The van der Waals surface area contributed by atoms with E-state index >= 15 is 0 Å². The van der Waals surface area contributed by atoms with Crippen molar-refractivity contribution in [3.63, 3.8) is 0 Å². The largest absolute Gasteiger partial charge is 0.475 e. The summed E-state index contributed by atoms with van der Waals surface area (Å²) in [6, 6.07) is 2.96. The van der Waals surface area contributed by atoms with E-state index in [1.165, 1.54) is 6.07 Å². The maximum atomic E-state index is 10.7. The van der Waals surface area contributed by atoms with E-state index in [1.807, 2.05) is 0 Å². The summed E-state index contributed by atoms with van der Waals surface area (Å²) in [7, 11) is 0. The molecule has 1 aliphatic heterocycles. The third-order valence-electron chi connectivity index (χ3n) is 4.09. The zero-order valence-electron chi connectivity index (χ0n) is 11.6. The summed E-state index contributed by atoms with van der Waals surface area (Å²) in [5.74, 6) is -1.32. The molecule has 1 aromatic heterocycles. The van der Waals surface area contributed by atoms with Gasteiger partial charge in [0.25, 0.3) is 0 Å². The van der Waals surface area contributed by atoms with Crippen molar-refractivity contribution in [1.82, 2.24) is 0 Å². The van der Waals surface area contributed by atoms with Crippen molar-refractivity contribution in [1.29, 1.82) is 0 Å². The van der Waals surface area contributed by atoms with Crippen LogP contribution in [-0.4, -0.2) is 40.8 Å². The van der Waals surface area contributed by atoms with Gasteiger partial charge in [0.2, 0.25) is 5.76 Å². The average Bonchev–Trinajstić information content (AvgIpc) is 3.11. The first kappa shape index (κ1) is 14.3. The highest BCUT2D eigenvalue weighted by molar-refractivity contribution is 5.84. The molecule has 0 unspecified atom stereocenters. The second-order valence-electron chi connectivity index (χ2n) is 5.55. The number of ether oxygens (including phenoxy) is 2. The molecule has 3 rings (SSSR count). The molecule has 1 saturated heterocycles. The highest BCUT2D eigenvalue weighted by Crippen LogP contribution is 2.40. The lowest BCUT2D eigenvalue weighted by molar-refractivity contribution is -0.196. The third kappa shape index (κ3) is 3.02.